The number of methoxy groups -OCH3 is 2. The van der Waals surface area contributed by atoms with E-state index in [4.69, 9.17) is 15.0 Å². The molecule has 1 rings (SSSR count). The van der Waals surface area contributed by atoms with Crippen LogP contribution < -0.4 is 9.47 Å². The van der Waals surface area contributed by atoms with Crippen molar-refractivity contribution in [3.05, 3.63) is 40.3 Å². The topological polar surface area (TPSA) is 84.3 Å². The minimum atomic E-state index is -0.651. The van der Waals surface area contributed by atoms with Gasteiger partial charge in [0, 0.05) is 4.91 Å². The summed E-state index contributed by atoms with van der Waals surface area (Å²) in [6, 6.07) is 5.18. The monoisotopic (exact) mass is 233 g/mol. The summed E-state index contributed by atoms with van der Waals surface area (Å²) in [5.74, 6) is 0.513. The van der Waals surface area contributed by atoms with Crippen molar-refractivity contribution < 1.29 is 14.3 Å². The highest BCUT2D eigenvalue weighted by Crippen LogP contribution is 2.27. The van der Waals surface area contributed by atoms with E-state index in [1.165, 1.54) is 19.3 Å². The molecule has 0 aliphatic carbocycles. The van der Waals surface area contributed by atoms with Crippen molar-refractivity contribution in [2.75, 3.05) is 14.2 Å². The SMILES string of the molecule is COc1ccc(/C=C/C(=O)N=[N+]=[N-])cc1OC. The summed E-state index contributed by atoms with van der Waals surface area (Å²) in [6.07, 6.45) is 2.71. The Hall–Kier alpha value is -2.46. The lowest BCUT2D eigenvalue weighted by Crippen LogP contribution is -1.90. The zero-order valence-corrected chi connectivity index (χ0v) is 9.45. The quantitative estimate of drug-likeness (QED) is 0.346. The lowest BCUT2D eigenvalue weighted by molar-refractivity contribution is -0.113. The minimum absolute atomic E-state index is 0.561. The molecule has 0 heterocycles. The molecule has 6 nitrogen and oxygen atoms in total. The highest BCUT2D eigenvalue weighted by atomic mass is 16.5. The predicted molar refractivity (Wildman–Crippen MR) is 62.7 cm³/mol. The maximum atomic E-state index is 10.9. The van der Waals surface area contributed by atoms with Crippen LogP contribution in [0.4, 0.5) is 0 Å². The van der Waals surface area contributed by atoms with E-state index in [1.54, 1.807) is 25.3 Å². The third-order valence-electron chi connectivity index (χ3n) is 1.97. The van der Waals surface area contributed by atoms with Gasteiger partial charge in [-0.15, -0.1) is 0 Å². The lowest BCUT2D eigenvalue weighted by Gasteiger charge is -2.07. The molecule has 0 atom stereocenters. The van der Waals surface area contributed by atoms with Gasteiger partial charge in [-0.1, -0.05) is 12.1 Å². The second kappa shape index (κ2) is 6.19. The number of nitrogens with zero attached hydrogens (tertiary/aromatic N) is 3. The van der Waals surface area contributed by atoms with Crippen molar-refractivity contribution in [2.45, 2.75) is 0 Å². The first-order chi connectivity index (χ1) is 8.21. The molecule has 0 N–H and O–H groups in total. The van der Waals surface area contributed by atoms with Gasteiger partial charge < -0.3 is 9.47 Å². The number of benzene rings is 1. The molecule has 0 unspecified atom stereocenters. The van der Waals surface area contributed by atoms with Gasteiger partial charge in [-0.2, -0.15) is 0 Å². The van der Waals surface area contributed by atoms with Crippen molar-refractivity contribution in [1.29, 1.82) is 0 Å². The molecule has 0 aromatic heterocycles. The molecule has 0 aliphatic heterocycles. The number of amides is 1. The summed E-state index contributed by atoms with van der Waals surface area (Å²) < 4.78 is 10.2. The molecule has 1 aromatic carbocycles. The molecular formula is C11H11N3O3. The fourth-order valence-electron chi connectivity index (χ4n) is 1.20. The molecule has 0 bridgehead atoms. The number of hydrogen-bond donors (Lipinski definition) is 0. The third kappa shape index (κ3) is 3.55. The van der Waals surface area contributed by atoms with Crippen LogP contribution in [0.15, 0.2) is 29.4 Å². The number of carbonyl (C=O) groups excluding carboxylic acids is 1. The number of ether oxygens (including phenoxy) is 2. The fraction of sp³-hybridized carbons (Fsp3) is 0.182. The molecule has 0 saturated carbocycles. The van der Waals surface area contributed by atoms with Gasteiger partial charge in [-0.25, -0.2) is 0 Å². The van der Waals surface area contributed by atoms with E-state index in [9.17, 15) is 4.79 Å². The van der Waals surface area contributed by atoms with Crippen LogP contribution in [0.1, 0.15) is 5.56 Å². The zero-order valence-electron chi connectivity index (χ0n) is 9.45. The van der Waals surface area contributed by atoms with Gasteiger partial charge in [-0.3, -0.25) is 4.79 Å². The average Bonchev–Trinajstić information content (AvgIpc) is 2.36. The minimum Gasteiger partial charge on any atom is -0.493 e. The summed E-state index contributed by atoms with van der Waals surface area (Å²) in [5.41, 5.74) is 8.79. The molecule has 0 saturated heterocycles. The van der Waals surface area contributed by atoms with Crippen LogP contribution in [0.5, 0.6) is 11.5 Å². The second-order valence-corrected chi connectivity index (χ2v) is 2.98. The molecule has 17 heavy (non-hydrogen) atoms. The van der Waals surface area contributed by atoms with E-state index in [0.717, 1.165) is 5.56 Å². The summed E-state index contributed by atoms with van der Waals surface area (Å²) in [4.78, 5) is 13.3. The normalized spacial score (nSPS) is 9.76. The summed E-state index contributed by atoms with van der Waals surface area (Å²) in [5, 5.41) is 2.91. The van der Waals surface area contributed by atoms with Gasteiger partial charge >= 0.3 is 0 Å². The van der Waals surface area contributed by atoms with Gasteiger partial charge in [0.25, 0.3) is 0 Å². The molecule has 0 fully saturated rings. The summed E-state index contributed by atoms with van der Waals surface area (Å²) >= 11 is 0. The maximum Gasteiger partial charge on any atom is 0.242 e. The number of carbonyl (C=O) groups is 1. The molecule has 6 heteroatoms. The van der Waals surface area contributed by atoms with Crippen LogP contribution in [0.25, 0.3) is 16.5 Å². The van der Waals surface area contributed by atoms with E-state index in [-0.39, 0.29) is 0 Å². The Kier molecular flexibility index (Phi) is 4.59. The standard InChI is InChI=1S/C11H11N3O3/c1-16-9-5-3-8(7-10(9)17-2)4-6-11(15)13-14-12/h3-7H,1-2H3/b6-4+. The van der Waals surface area contributed by atoms with Crippen molar-refractivity contribution in [3.63, 3.8) is 0 Å². The lowest BCUT2D eigenvalue weighted by atomic mass is 10.2. The van der Waals surface area contributed by atoms with Gasteiger partial charge in [0.1, 0.15) is 0 Å². The third-order valence-corrected chi connectivity index (χ3v) is 1.97. The van der Waals surface area contributed by atoms with E-state index in [2.05, 4.69) is 10.0 Å². The van der Waals surface area contributed by atoms with Crippen molar-refractivity contribution in [1.82, 2.24) is 0 Å². The van der Waals surface area contributed by atoms with Crippen LogP contribution in [0.2, 0.25) is 0 Å². The van der Waals surface area contributed by atoms with Gasteiger partial charge in [0.2, 0.25) is 5.91 Å². The molecule has 0 radical (unpaired) electrons. The molecule has 1 amide bonds. The first-order valence-electron chi connectivity index (χ1n) is 4.70. The van der Waals surface area contributed by atoms with Crippen molar-refractivity contribution in [2.24, 2.45) is 5.11 Å². The molecule has 0 aliphatic rings. The van der Waals surface area contributed by atoms with Crippen molar-refractivity contribution >= 4 is 12.0 Å². The number of rotatable bonds is 4. The highest BCUT2D eigenvalue weighted by Gasteiger charge is 2.02. The first-order valence-corrected chi connectivity index (χ1v) is 4.70. The van der Waals surface area contributed by atoms with Crippen LogP contribution in [0.3, 0.4) is 0 Å². The maximum absolute atomic E-state index is 10.9. The van der Waals surface area contributed by atoms with Crippen LogP contribution in [-0.2, 0) is 4.79 Å². The Bertz CT molecular complexity index is 491. The Morgan fingerprint density at radius 1 is 1.35 bits per heavy atom. The Morgan fingerprint density at radius 3 is 2.65 bits per heavy atom. The van der Waals surface area contributed by atoms with Gasteiger partial charge in [-0.05, 0) is 34.4 Å². The fourth-order valence-corrected chi connectivity index (χ4v) is 1.20. The van der Waals surface area contributed by atoms with E-state index >= 15 is 0 Å². The van der Waals surface area contributed by atoms with E-state index in [1.807, 2.05) is 0 Å². The smallest absolute Gasteiger partial charge is 0.242 e. The molecule has 88 valence electrons. The van der Waals surface area contributed by atoms with Crippen LogP contribution in [-0.4, -0.2) is 20.1 Å². The second-order valence-electron chi connectivity index (χ2n) is 2.98. The van der Waals surface area contributed by atoms with Gasteiger partial charge in [0.05, 0.1) is 14.2 Å². The highest BCUT2D eigenvalue weighted by molar-refractivity contribution is 5.92. The summed E-state index contributed by atoms with van der Waals surface area (Å²) in [7, 11) is 3.06. The Labute approximate surface area is 98.1 Å². The predicted octanol–water partition coefficient (Wildman–Crippen LogP) is 2.55. The number of azide groups is 1. The largest absolute Gasteiger partial charge is 0.493 e. The van der Waals surface area contributed by atoms with Gasteiger partial charge in [0.15, 0.2) is 11.5 Å². The van der Waals surface area contributed by atoms with Crippen LogP contribution >= 0.6 is 0 Å². The van der Waals surface area contributed by atoms with Crippen LogP contribution in [0, 0.1) is 0 Å². The Morgan fingerprint density at radius 2 is 2.06 bits per heavy atom. The molecular weight excluding hydrogens is 222 g/mol. The Balaban J connectivity index is 2.93. The van der Waals surface area contributed by atoms with Crippen molar-refractivity contribution in [3.8, 4) is 11.5 Å². The summed E-state index contributed by atoms with van der Waals surface area (Å²) in [6.45, 7) is 0. The molecule has 1 aromatic rings. The van der Waals surface area contributed by atoms with E-state index < -0.39 is 5.91 Å². The first kappa shape index (κ1) is 12.6. The molecule has 0 spiro atoms. The number of hydrogen-bond acceptors (Lipinski definition) is 3. The zero-order chi connectivity index (χ0) is 12.7. The average molecular weight is 233 g/mol. The van der Waals surface area contributed by atoms with E-state index in [0.29, 0.717) is 11.5 Å².